The molecule has 27 heavy (non-hydrogen) atoms. The number of carboxylic acid groups (broad SMARTS) is 1. The number of rotatable bonds is 5. The van der Waals surface area contributed by atoms with Gasteiger partial charge in [0.1, 0.15) is 11.8 Å². The Morgan fingerprint density at radius 3 is 2.74 bits per heavy atom. The summed E-state index contributed by atoms with van der Waals surface area (Å²) in [7, 11) is 1.51. The number of benzene rings is 2. The summed E-state index contributed by atoms with van der Waals surface area (Å²) in [6, 6.07) is 14.0. The van der Waals surface area contributed by atoms with Crippen LogP contribution in [0.25, 0.3) is 11.3 Å². The molecule has 0 spiro atoms. The van der Waals surface area contributed by atoms with E-state index in [-0.39, 0.29) is 5.56 Å². The molecule has 0 fully saturated rings. The van der Waals surface area contributed by atoms with E-state index in [1.807, 2.05) is 13.0 Å². The quantitative estimate of drug-likeness (QED) is 0.713. The van der Waals surface area contributed by atoms with Crippen molar-refractivity contribution in [2.75, 3.05) is 12.4 Å². The molecule has 134 valence electrons. The van der Waals surface area contributed by atoms with Crippen molar-refractivity contribution in [1.82, 2.24) is 9.97 Å². The summed E-state index contributed by atoms with van der Waals surface area (Å²) in [6.45, 7) is 1.82. The number of anilines is 2. The van der Waals surface area contributed by atoms with Crippen LogP contribution in [0, 0.1) is 18.3 Å². The zero-order chi connectivity index (χ0) is 19.4. The monoisotopic (exact) mass is 360 g/mol. The van der Waals surface area contributed by atoms with Crippen LogP contribution in [0.1, 0.15) is 21.5 Å². The van der Waals surface area contributed by atoms with Crippen LogP contribution in [0.2, 0.25) is 0 Å². The fourth-order valence-electron chi connectivity index (χ4n) is 2.64. The molecule has 0 saturated heterocycles. The predicted octanol–water partition coefficient (Wildman–Crippen LogP) is 3.77. The van der Waals surface area contributed by atoms with Crippen molar-refractivity contribution in [1.29, 1.82) is 5.26 Å². The molecule has 0 unspecified atom stereocenters. The van der Waals surface area contributed by atoms with Crippen molar-refractivity contribution < 1.29 is 14.6 Å². The van der Waals surface area contributed by atoms with E-state index in [0.717, 1.165) is 11.1 Å². The average Bonchev–Trinajstić information content (AvgIpc) is 2.67. The van der Waals surface area contributed by atoms with Crippen LogP contribution >= 0.6 is 0 Å². The van der Waals surface area contributed by atoms with E-state index in [2.05, 4.69) is 21.4 Å². The summed E-state index contributed by atoms with van der Waals surface area (Å²) >= 11 is 0. The molecular formula is C20H16N4O3. The van der Waals surface area contributed by atoms with E-state index >= 15 is 0 Å². The first-order chi connectivity index (χ1) is 13.0. The summed E-state index contributed by atoms with van der Waals surface area (Å²) in [6.07, 6.45) is 1.59. The Balaban J connectivity index is 1.93. The lowest BCUT2D eigenvalue weighted by Crippen LogP contribution is -2.02. The molecule has 0 radical (unpaired) electrons. The molecule has 7 heteroatoms. The van der Waals surface area contributed by atoms with Gasteiger partial charge in [0, 0.05) is 17.4 Å². The third kappa shape index (κ3) is 4.02. The maximum Gasteiger partial charge on any atom is 0.335 e. The molecule has 0 bridgehead atoms. The first-order valence-electron chi connectivity index (χ1n) is 8.03. The number of ether oxygens (including phenoxy) is 1. The molecule has 0 aliphatic rings. The Bertz CT molecular complexity index is 1060. The lowest BCUT2D eigenvalue weighted by Gasteiger charge is -2.09. The first kappa shape index (κ1) is 17.9. The highest BCUT2D eigenvalue weighted by atomic mass is 16.5. The highest BCUT2D eigenvalue weighted by Gasteiger charge is 2.09. The van der Waals surface area contributed by atoms with Gasteiger partial charge in [-0.1, -0.05) is 0 Å². The number of hydrogen-bond donors (Lipinski definition) is 2. The standard InChI is InChI=1S/C20H16N4O3/c1-12-7-14(19(25)26)10-16(8-12)23-20-22-6-5-17(24-20)13-3-4-18(27-2)15(9-13)11-21/h3-10H,1-2H3,(H,25,26)(H,22,23,24). The number of hydrogen-bond acceptors (Lipinski definition) is 6. The fourth-order valence-corrected chi connectivity index (χ4v) is 2.64. The van der Waals surface area contributed by atoms with Crippen molar-refractivity contribution in [2.24, 2.45) is 0 Å². The van der Waals surface area contributed by atoms with Gasteiger partial charge in [-0.15, -0.1) is 0 Å². The fraction of sp³-hybridized carbons (Fsp3) is 0.100. The van der Waals surface area contributed by atoms with Crippen molar-refractivity contribution in [2.45, 2.75) is 6.92 Å². The SMILES string of the molecule is COc1ccc(-c2ccnc(Nc3cc(C)cc(C(=O)O)c3)n2)cc1C#N. The van der Waals surface area contributed by atoms with Gasteiger partial charge in [-0.05, 0) is 55.0 Å². The van der Waals surface area contributed by atoms with Crippen molar-refractivity contribution in [3.8, 4) is 23.1 Å². The zero-order valence-electron chi connectivity index (χ0n) is 14.7. The Labute approximate surface area is 155 Å². The molecule has 2 aromatic carbocycles. The van der Waals surface area contributed by atoms with Crippen LogP contribution < -0.4 is 10.1 Å². The van der Waals surface area contributed by atoms with Gasteiger partial charge in [0.05, 0.1) is 23.9 Å². The first-order valence-corrected chi connectivity index (χ1v) is 8.03. The van der Waals surface area contributed by atoms with E-state index in [4.69, 9.17) is 4.74 Å². The van der Waals surface area contributed by atoms with E-state index in [9.17, 15) is 15.2 Å². The Morgan fingerprint density at radius 1 is 1.22 bits per heavy atom. The van der Waals surface area contributed by atoms with Crippen molar-refractivity contribution in [3.63, 3.8) is 0 Å². The topological polar surface area (TPSA) is 108 Å². The molecule has 7 nitrogen and oxygen atoms in total. The number of nitriles is 1. The van der Waals surface area contributed by atoms with Gasteiger partial charge in [0.25, 0.3) is 0 Å². The minimum Gasteiger partial charge on any atom is -0.495 e. The Hall–Kier alpha value is -3.92. The average molecular weight is 360 g/mol. The molecule has 2 N–H and O–H groups in total. The zero-order valence-corrected chi connectivity index (χ0v) is 14.7. The molecule has 0 aliphatic carbocycles. The van der Waals surface area contributed by atoms with Gasteiger partial charge in [-0.2, -0.15) is 5.26 Å². The van der Waals surface area contributed by atoms with Crippen LogP contribution in [0.4, 0.5) is 11.6 Å². The second kappa shape index (κ2) is 7.54. The van der Waals surface area contributed by atoms with Gasteiger partial charge in [0.2, 0.25) is 5.95 Å². The molecular weight excluding hydrogens is 344 g/mol. The third-order valence-electron chi connectivity index (χ3n) is 3.85. The molecule has 0 amide bonds. The number of carboxylic acids is 1. The third-order valence-corrected chi connectivity index (χ3v) is 3.85. The minimum atomic E-state index is -1.00. The van der Waals surface area contributed by atoms with Gasteiger partial charge in [0.15, 0.2) is 0 Å². The highest BCUT2D eigenvalue weighted by molar-refractivity contribution is 5.89. The second-order valence-corrected chi connectivity index (χ2v) is 5.81. The number of nitrogens with zero attached hydrogens (tertiary/aromatic N) is 3. The van der Waals surface area contributed by atoms with Crippen LogP contribution in [-0.2, 0) is 0 Å². The predicted molar refractivity (Wildman–Crippen MR) is 100 cm³/mol. The number of nitrogens with one attached hydrogen (secondary N) is 1. The molecule has 0 saturated carbocycles. The normalized spacial score (nSPS) is 10.1. The lowest BCUT2D eigenvalue weighted by molar-refractivity contribution is 0.0697. The minimum absolute atomic E-state index is 0.183. The maximum atomic E-state index is 11.2. The van der Waals surface area contributed by atoms with E-state index in [0.29, 0.717) is 28.6 Å². The van der Waals surface area contributed by atoms with Crippen LogP contribution in [0.3, 0.4) is 0 Å². The smallest absolute Gasteiger partial charge is 0.335 e. The van der Waals surface area contributed by atoms with Crippen LogP contribution in [0.15, 0.2) is 48.7 Å². The largest absolute Gasteiger partial charge is 0.495 e. The number of carbonyl (C=O) groups is 1. The van der Waals surface area contributed by atoms with Gasteiger partial charge >= 0.3 is 5.97 Å². The Morgan fingerprint density at radius 2 is 2.04 bits per heavy atom. The number of aromatic nitrogens is 2. The molecule has 3 aromatic rings. The van der Waals surface area contributed by atoms with E-state index in [1.165, 1.54) is 13.2 Å². The maximum absolute atomic E-state index is 11.2. The molecule has 0 aliphatic heterocycles. The highest BCUT2D eigenvalue weighted by Crippen LogP contribution is 2.26. The molecule has 1 heterocycles. The van der Waals surface area contributed by atoms with Crippen molar-refractivity contribution >= 4 is 17.6 Å². The molecule has 3 rings (SSSR count). The van der Waals surface area contributed by atoms with Gasteiger partial charge in [-0.25, -0.2) is 14.8 Å². The lowest BCUT2D eigenvalue weighted by atomic mass is 10.1. The number of aromatic carboxylic acids is 1. The van der Waals surface area contributed by atoms with Crippen LogP contribution in [-0.4, -0.2) is 28.2 Å². The molecule has 1 aromatic heterocycles. The van der Waals surface area contributed by atoms with E-state index in [1.54, 1.807) is 36.5 Å². The summed E-state index contributed by atoms with van der Waals surface area (Å²) in [5, 5.41) is 21.5. The number of aryl methyl sites for hydroxylation is 1. The summed E-state index contributed by atoms with van der Waals surface area (Å²) in [5.74, 6) is -0.183. The summed E-state index contributed by atoms with van der Waals surface area (Å²) in [5.41, 5.74) is 3.35. The van der Waals surface area contributed by atoms with E-state index < -0.39 is 5.97 Å². The van der Waals surface area contributed by atoms with Gasteiger partial charge < -0.3 is 15.2 Å². The molecule has 0 atom stereocenters. The number of methoxy groups -OCH3 is 1. The summed E-state index contributed by atoms with van der Waals surface area (Å²) in [4.78, 5) is 19.8. The summed E-state index contributed by atoms with van der Waals surface area (Å²) < 4.78 is 5.16. The Kier molecular flexibility index (Phi) is 4.99. The van der Waals surface area contributed by atoms with Gasteiger partial charge in [-0.3, -0.25) is 0 Å². The van der Waals surface area contributed by atoms with Crippen molar-refractivity contribution in [3.05, 3.63) is 65.4 Å². The van der Waals surface area contributed by atoms with Crippen LogP contribution in [0.5, 0.6) is 5.75 Å². The second-order valence-electron chi connectivity index (χ2n) is 5.81.